The molecule has 2 aromatic rings. The zero-order valence-electron chi connectivity index (χ0n) is 13.4. The topological polar surface area (TPSA) is 87.8 Å². The van der Waals surface area contributed by atoms with Crippen LogP contribution >= 0.6 is 0 Å². The number of ether oxygens (including phenoxy) is 2. The second-order valence-corrected chi connectivity index (χ2v) is 5.84. The molecule has 2 bridgehead atoms. The van der Waals surface area contributed by atoms with E-state index in [1.807, 2.05) is 60.7 Å². The van der Waals surface area contributed by atoms with Gasteiger partial charge in [-0.05, 0) is 24.3 Å². The number of rotatable bonds is 4. The molecule has 4 atom stereocenters. The van der Waals surface area contributed by atoms with Crippen LogP contribution in [-0.2, 0) is 9.47 Å². The quantitative estimate of drug-likeness (QED) is 0.663. The maximum Gasteiger partial charge on any atom is 0.202 e. The highest BCUT2D eigenvalue weighted by molar-refractivity contribution is 5.94. The minimum atomic E-state index is -0.921. The van der Waals surface area contributed by atoms with E-state index in [4.69, 9.17) is 9.47 Å². The van der Waals surface area contributed by atoms with Crippen LogP contribution in [0.5, 0.6) is 0 Å². The fraction of sp³-hybridized carbons (Fsp3) is 0.278. The summed E-state index contributed by atoms with van der Waals surface area (Å²) < 4.78 is 11.3. The second-order valence-electron chi connectivity index (χ2n) is 5.84. The molecule has 7 nitrogen and oxygen atoms in total. The number of anilines is 1. The van der Waals surface area contributed by atoms with E-state index in [1.54, 1.807) is 0 Å². The average Bonchev–Trinajstić information content (AvgIpc) is 3.09. The molecular weight excluding hydrogens is 320 g/mol. The number of para-hydroxylation sites is 1. The van der Waals surface area contributed by atoms with Gasteiger partial charge in [0, 0.05) is 0 Å². The Balaban J connectivity index is 1.54. The van der Waals surface area contributed by atoms with Crippen LogP contribution in [0, 0.1) is 0 Å². The molecular formula is C18H18N4O3. The van der Waals surface area contributed by atoms with E-state index in [0.29, 0.717) is 12.3 Å². The zero-order chi connectivity index (χ0) is 17.1. The van der Waals surface area contributed by atoms with Crippen LogP contribution in [0.1, 0.15) is 0 Å². The Kier molecular flexibility index (Phi) is 4.51. The van der Waals surface area contributed by atoms with Crippen LogP contribution in [-0.4, -0.2) is 42.0 Å². The lowest BCUT2D eigenvalue weighted by Crippen LogP contribution is -2.50. The van der Waals surface area contributed by atoms with Crippen LogP contribution in [0.4, 0.5) is 11.4 Å². The van der Waals surface area contributed by atoms with Crippen molar-refractivity contribution < 1.29 is 14.6 Å². The Morgan fingerprint density at radius 3 is 2.48 bits per heavy atom. The standard InChI is InChI=1S/C18H18N4O3/c23-17-15(21-19-12-7-3-1-4-8-12)14-11-24-18(25-14)16(17)22-20-13-9-5-2-6-10-13/h1-10,14-15,17-18,20,23H,11H2/b21-19?,22-16+/t14?,15-,17?,18-/m1/s1. The second kappa shape index (κ2) is 7.10. The molecule has 2 aliphatic heterocycles. The Hall–Kier alpha value is -2.61. The molecule has 2 fully saturated rings. The van der Waals surface area contributed by atoms with Crippen molar-refractivity contribution in [3.8, 4) is 0 Å². The zero-order valence-corrected chi connectivity index (χ0v) is 13.4. The van der Waals surface area contributed by atoms with Crippen molar-refractivity contribution in [3.05, 3.63) is 60.7 Å². The summed E-state index contributed by atoms with van der Waals surface area (Å²) in [5, 5.41) is 23.4. The molecule has 128 valence electrons. The number of hydrazone groups is 1. The van der Waals surface area contributed by atoms with Gasteiger partial charge in [0.05, 0.1) is 18.0 Å². The predicted octanol–water partition coefficient (Wildman–Crippen LogP) is 2.72. The number of nitrogens with one attached hydrogen (secondary N) is 1. The predicted molar refractivity (Wildman–Crippen MR) is 92.9 cm³/mol. The van der Waals surface area contributed by atoms with Crippen LogP contribution in [0.15, 0.2) is 76.0 Å². The summed E-state index contributed by atoms with van der Waals surface area (Å²) in [6, 6.07) is 18.3. The molecule has 4 rings (SSSR count). The number of hydrogen-bond acceptors (Lipinski definition) is 7. The first kappa shape index (κ1) is 15.9. The SMILES string of the molecule is OC1/C(=N\Nc2ccccc2)[C@@H]2OCC(O2)[C@H]1N=Nc1ccccc1. The maximum atomic E-state index is 10.7. The molecule has 0 aromatic heterocycles. The molecule has 0 radical (unpaired) electrons. The fourth-order valence-corrected chi connectivity index (χ4v) is 2.80. The number of azo groups is 1. The molecule has 0 amide bonds. The van der Waals surface area contributed by atoms with Gasteiger partial charge in [0.2, 0.25) is 6.29 Å². The first-order valence-electron chi connectivity index (χ1n) is 8.11. The molecule has 2 heterocycles. The normalized spacial score (nSPS) is 30.0. The Bertz CT molecular complexity index is 766. The van der Waals surface area contributed by atoms with Gasteiger partial charge in [-0.15, -0.1) is 0 Å². The van der Waals surface area contributed by atoms with E-state index in [2.05, 4.69) is 20.8 Å². The molecule has 2 aromatic carbocycles. The molecule has 7 heteroatoms. The van der Waals surface area contributed by atoms with Crippen molar-refractivity contribution in [2.45, 2.75) is 24.5 Å². The molecule has 2 saturated heterocycles. The highest BCUT2D eigenvalue weighted by Gasteiger charge is 2.48. The molecule has 0 spiro atoms. The van der Waals surface area contributed by atoms with Gasteiger partial charge in [0.1, 0.15) is 24.0 Å². The van der Waals surface area contributed by atoms with Crippen LogP contribution < -0.4 is 5.43 Å². The van der Waals surface area contributed by atoms with Crippen molar-refractivity contribution in [1.29, 1.82) is 0 Å². The molecule has 2 unspecified atom stereocenters. The van der Waals surface area contributed by atoms with Crippen LogP contribution in [0.3, 0.4) is 0 Å². The Labute approximate surface area is 145 Å². The van der Waals surface area contributed by atoms with Crippen molar-refractivity contribution in [3.63, 3.8) is 0 Å². The van der Waals surface area contributed by atoms with Crippen molar-refractivity contribution in [1.82, 2.24) is 0 Å². The molecule has 0 saturated carbocycles. The third-order valence-electron chi connectivity index (χ3n) is 4.11. The van der Waals surface area contributed by atoms with Gasteiger partial charge in [0.15, 0.2) is 0 Å². The smallest absolute Gasteiger partial charge is 0.202 e. The summed E-state index contributed by atoms with van der Waals surface area (Å²) in [5.41, 5.74) is 4.82. The third-order valence-corrected chi connectivity index (χ3v) is 4.11. The van der Waals surface area contributed by atoms with Gasteiger partial charge in [-0.25, -0.2) is 0 Å². The number of hydrogen-bond donors (Lipinski definition) is 2. The van der Waals surface area contributed by atoms with E-state index < -0.39 is 18.4 Å². The van der Waals surface area contributed by atoms with Gasteiger partial charge in [-0.1, -0.05) is 36.4 Å². The molecule has 2 aliphatic rings. The lowest BCUT2D eigenvalue weighted by atomic mass is 10.00. The molecule has 0 aliphatic carbocycles. The summed E-state index contributed by atoms with van der Waals surface area (Å²) in [6.07, 6.45) is -1.91. The van der Waals surface area contributed by atoms with Gasteiger partial charge in [-0.2, -0.15) is 15.3 Å². The van der Waals surface area contributed by atoms with Crippen LogP contribution in [0.25, 0.3) is 0 Å². The minimum absolute atomic E-state index is 0.330. The van der Waals surface area contributed by atoms with Gasteiger partial charge in [0.25, 0.3) is 0 Å². The van der Waals surface area contributed by atoms with Crippen molar-refractivity contribution >= 4 is 17.1 Å². The fourth-order valence-electron chi connectivity index (χ4n) is 2.80. The largest absolute Gasteiger partial charge is 0.384 e. The number of aliphatic hydroxyl groups is 1. The summed E-state index contributed by atoms with van der Waals surface area (Å²) in [5.74, 6) is 0. The number of nitrogens with zero attached hydrogens (tertiary/aromatic N) is 3. The molecule has 2 N–H and O–H groups in total. The van der Waals surface area contributed by atoms with E-state index >= 15 is 0 Å². The van der Waals surface area contributed by atoms with Gasteiger partial charge in [-0.3, -0.25) is 5.43 Å². The molecule has 25 heavy (non-hydrogen) atoms. The van der Waals surface area contributed by atoms with E-state index in [0.717, 1.165) is 11.4 Å². The first-order valence-corrected chi connectivity index (χ1v) is 8.11. The summed E-state index contributed by atoms with van der Waals surface area (Å²) in [7, 11) is 0. The maximum absolute atomic E-state index is 10.7. The van der Waals surface area contributed by atoms with Gasteiger partial charge >= 0.3 is 0 Å². The first-order chi connectivity index (χ1) is 12.3. The summed E-state index contributed by atoms with van der Waals surface area (Å²) >= 11 is 0. The van der Waals surface area contributed by atoms with Crippen LogP contribution in [0.2, 0.25) is 0 Å². The minimum Gasteiger partial charge on any atom is -0.384 e. The van der Waals surface area contributed by atoms with E-state index in [1.165, 1.54) is 0 Å². The van der Waals surface area contributed by atoms with Crippen molar-refractivity contribution in [2.75, 3.05) is 12.0 Å². The Morgan fingerprint density at radius 2 is 1.72 bits per heavy atom. The highest BCUT2D eigenvalue weighted by Crippen LogP contribution is 2.29. The van der Waals surface area contributed by atoms with E-state index in [9.17, 15) is 5.11 Å². The van der Waals surface area contributed by atoms with Gasteiger partial charge < -0.3 is 14.6 Å². The summed E-state index contributed by atoms with van der Waals surface area (Å²) in [4.78, 5) is 0. The lowest BCUT2D eigenvalue weighted by Gasteiger charge is -2.29. The summed E-state index contributed by atoms with van der Waals surface area (Å²) in [6.45, 7) is 0.352. The lowest BCUT2D eigenvalue weighted by molar-refractivity contribution is -0.0445. The average molecular weight is 338 g/mol. The third kappa shape index (κ3) is 3.43. The van der Waals surface area contributed by atoms with E-state index in [-0.39, 0.29) is 6.10 Å². The number of benzene rings is 2. The van der Waals surface area contributed by atoms with Crippen molar-refractivity contribution in [2.24, 2.45) is 15.3 Å². The number of aliphatic hydroxyl groups excluding tert-OH is 1. The highest BCUT2D eigenvalue weighted by atomic mass is 16.7. The number of fused-ring (bicyclic) bond motifs is 2. The Morgan fingerprint density at radius 1 is 1.00 bits per heavy atom. The monoisotopic (exact) mass is 338 g/mol.